The van der Waals surface area contributed by atoms with E-state index in [1.165, 1.54) is 32.1 Å². The Morgan fingerprint density at radius 2 is 2.12 bits per heavy atom. The Labute approximate surface area is 150 Å². The Morgan fingerprint density at radius 1 is 1.36 bits per heavy atom. The quantitative estimate of drug-likeness (QED) is 0.755. The summed E-state index contributed by atoms with van der Waals surface area (Å²) in [6.07, 6.45) is 9.49. The van der Waals surface area contributed by atoms with Crippen LogP contribution >= 0.6 is 0 Å². The topological polar surface area (TPSA) is 68.5 Å². The molecule has 1 heterocycles. The first-order valence-corrected chi connectivity index (χ1v) is 9.73. The van der Waals surface area contributed by atoms with Crippen molar-refractivity contribution in [3.05, 3.63) is 11.7 Å². The third kappa shape index (κ3) is 3.73. The molecule has 0 radical (unpaired) electrons. The highest BCUT2D eigenvalue weighted by Gasteiger charge is 2.57. The van der Waals surface area contributed by atoms with E-state index in [9.17, 15) is 4.79 Å². The van der Waals surface area contributed by atoms with Crippen molar-refractivity contribution < 1.29 is 14.1 Å². The van der Waals surface area contributed by atoms with Crippen molar-refractivity contribution in [2.75, 3.05) is 13.7 Å². The third-order valence-electron chi connectivity index (χ3n) is 6.11. The predicted octanol–water partition coefficient (Wildman–Crippen LogP) is 3.29. The summed E-state index contributed by atoms with van der Waals surface area (Å²) in [4.78, 5) is 18.9. The minimum Gasteiger partial charge on any atom is -0.378 e. The summed E-state index contributed by atoms with van der Waals surface area (Å²) >= 11 is 0. The van der Waals surface area contributed by atoms with Crippen LogP contribution in [-0.4, -0.2) is 46.7 Å². The lowest BCUT2D eigenvalue weighted by atomic mass is 9.54. The van der Waals surface area contributed by atoms with Gasteiger partial charge in [0.15, 0.2) is 5.82 Å². The van der Waals surface area contributed by atoms with Crippen molar-refractivity contribution in [1.29, 1.82) is 0 Å². The van der Waals surface area contributed by atoms with Gasteiger partial charge in [0.2, 0.25) is 11.8 Å². The lowest BCUT2D eigenvalue weighted by Gasteiger charge is -2.60. The summed E-state index contributed by atoms with van der Waals surface area (Å²) in [7, 11) is 1.97. The zero-order valence-electron chi connectivity index (χ0n) is 15.8. The van der Waals surface area contributed by atoms with Crippen molar-refractivity contribution in [2.45, 2.75) is 83.8 Å². The zero-order valence-corrected chi connectivity index (χ0v) is 15.8. The number of hydrogen-bond acceptors (Lipinski definition) is 5. The van der Waals surface area contributed by atoms with Crippen LogP contribution in [0.4, 0.5) is 0 Å². The van der Waals surface area contributed by atoms with E-state index in [1.54, 1.807) is 6.92 Å². The van der Waals surface area contributed by atoms with Crippen LogP contribution in [0.1, 0.15) is 70.0 Å². The number of nitrogens with zero attached hydrogens (tertiary/aromatic N) is 3. The molecular weight excluding hydrogens is 318 g/mol. The Bertz CT molecular complexity index is 580. The average Bonchev–Trinajstić information content (AvgIpc) is 3.03. The fourth-order valence-electron chi connectivity index (χ4n) is 4.75. The molecule has 2 aliphatic carbocycles. The number of carbonyl (C=O) groups is 1. The Hall–Kier alpha value is -1.43. The molecule has 2 fully saturated rings. The van der Waals surface area contributed by atoms with Crippen molar-refractivity contribution in [1.82, 2.24) is 15.0 Å². The van der Waals surface area contributed by atoms with Crippen LogP contribution in [0.5, 0.6) is 0 Å². The van der Waals surface area contributed by atoms with Gasteiger partial charge in [-0.1, -0.05) is 24.4 Å². The summed E-state index contributed by atoms with van der Waals surface area (Å²) in [6.45, 7) is 4.64. The molecule has 0 unspecified atom stereocenters. The van der Waals surface area contributed by atoms with Gasteiger partial charge in [0.05, 0.1) is 6.10 Å². The van der Waals surface area contributed by atoms with Gasteiger partial charge in [-0.05, 0) is 39.5 Å². The zero-order chi connectivity index (χ0) is 17.9. The first-order chi connectivity index (χ1) is 12.1. The van der Waals surface area contributed by atoms with Gasteiger partial charge in [-0.2, -0.15) is 4.98 Å². The maximum Gasteiger partial charge on any atom is 0.226 e. The Balaban J connectivity index is 1.54. The number of hydrogen-bond donors (Lipinski definition) is 0. The van der Waals surface area contributed by atoms with E-state index >= 15 is 0 Å². The second-order valence-electron chi connectivity index (χ2n) is 7.58. The summed E-state index contributed by atoms with van der Waals surface area (Å²) in [5, 5.41) is 3.79. The highest BCUT2D eigenvalue weighted by atomic mass is 16.5. The number of rotatable bonds is 7. The van der Waals surface area contributed by atoms with E-state index in [-0.39, 0.29) is 11.3 Å². The van der Waals surface area contributed by atoms with Gasteiger partial charge in [-0.15, -0.1) is 0 Å². The van der Waals surface area contributed by atoms with Crippen molar-refractivity contribution in [2.24, 2.45) is 5.41 Å². The van der Waals surface area contributed by atoms with E-state index in [4.69, 9.17) is 9.26 Å². The predicted molar refractivity (Wildman–Crippen MR) is 94.1 cm³/mol. The molecule has 0 aromatic carbocycles. The largest absolute Gasteiger partial charge is 0.378 e. The van der Waals surface area contributed by atoms with E-state index in [2.05, 4.69) is 17.1 Å². The summed E-state index contributed by atoms with van der Waals surface area (Å²) in [5.74, 6) is 1.49. The number of amides is 1. The molecule has 0 saturated heterocycles. The van der Waals surface area contributed by atoms with Crippen LogP contribution in [0.2, 0.25) is 0 Å². The van der Waals surface area contributed by atoms with Gasteiger partial charge in [0.25, 0.3) is 0 Å². The minimum atomic E-state index is 0.197. The SMILES string of the molecule is CCO[C@@H]1C[C@@H](N(C)C(=O)CCCc2nc(C)no2)C12CCCCC2. The molecule has 2 atom stereocenters. The van der Waals surface area contributed by atoms with Crippen LogP contribution in [0, 0.1) is 12.3 Å². The monoisotopic (exact) mass is 349 g/mol. The minimum absolute atomic E-state index is 0.197. The van der Waals surface area contributed by atoms with Gasteiger partial charge >= 0.3 is 0 Å². The Kier molecular flexibility index (Phi) is 5.77. The van der Waals surface area contributed by atoms with E-state index < -0.39 is 0 Å². The maximum absolute atomic E-state index is 12.7. The maximum atomic E-state index is 12.7. The molecule has 25 heavy (non-hydrogen) atoms. The van der Waals surface area contributed by atoms with Crippen LogP contribution in [0.3, 0.4) is 0 Å². The van der Waals surface area contributed by atoms with E-state index in [0.717, 1.165) is 19.4 Å². The molecule has 6 nitrogen and oxygen atoms in total. The van der Waals surface area contributed by atoms with E-state index in [1.807, 2.05) is 11.9 Å². The summed E-state index contributed by atoms with van der Waals surface area (Å²) in [5.41, 5.74) is 0.197. The highest BCUT2D eigenvalue weighted by molar-refractivity contribution is 5.76. The van der Waals surface area contributed by atoms with Crippen LogP contribution in [0.25, 0.3) is 0 Å². The molecule has 0 N–H and O–H groups in total. The number of carbonyl (C=O) groups excluding carboxylic acids is 1. The standard InChI is InChI=1S/C19H31N3O3/c1-4-24-16-13-15(19(16)11-6-5-7-12-19)22(3)18(23)10-8-9-17-20-14(2)21-25-17/h15-16H,4-13H2,1-3H3/t15-,16-/m1/s1. The third-order valence-corrected chi connectivity index (χ3v) is 6.11. The van der Waals surface area contributed by atoms with Gasteiger partial charge in [0, 0.05) is 38.0 Å². The van der Waals surface area contributed by atoms with Gasteiger partial charge < -0.3 is 14.2 Å². The van der Waals surface area contributed by atoms with Gasteiger partial charge in [-0.25, -0.2) is 0 Å². The summed E-state index contributed by atoms with van der Waals surface area (Å²) < 4.78 is 11.1. The fraction of sp³-hybridized carbons (Fsp3) is 0.842. The molecule has 1 aromatic heterocycles. The van der Waals surface area contributed by atoms with Crippen molar-refractivity contribution in [3.8, 4) is 0 Å². The number of aromatic nitrogens is 2. The molecule has 0 aliphatic heterocycles. The van der Waals surface area contributed by atoms with Crippen molar-refractivity contribution in [3.63, 3.8) is 0 Å². The Morgan fingerprint density at radius 3 is 2.76 bits per heavy atom. The molecule has 1 amide bonds. The lowest BCUT2D eigenvalue weighted by Crippen LogP contribution is -2.65. The highest BCUT2D eigenvalue weighted by Crippen LogP contribution is 2.55. The first-order valence-electron chi connectivity index (χ1n) is 9.73. The second-order valence-corrected chi connectivity index (χ2v) is 7.58. The van der Waals surface area contributed by atoms with Crippen LogP contribution in [-0.2, 0) is 16.0 Å². The fourth-order valence-corrected chi connectivity index (χ4v) is 4.75. The molecule has 6 heteroatoms. The number of aryl methyl sites for hydroxylation is 2. The molecule has 1 aromatic rings. The normalized spacial score (nSPS) is 24.9. The smallest absolute Gasteiger partial charge is 0.226 e. The molecular formula is C19H31N3O3. The lowest BCUT2D eigenvalue weighted by molar-refractivity contribution is -0.185. The van der Waals surface area contributed by atoms with Crippen LogP contribution in [0.15, 0.2) is 4.52 Å². The second kappa shape index (κ2) is 7.85. The van der Waals surface area contributed by atoms with Gasteiger partial charge in [-0.3, -0.25) is 4.79 Å². The number of ether oxygens (including phenoxy) is 1. The average molecular weight is 349 g/mol. The summed E-state index contributed by atoms with van der Waals surface area (Å²) in [6, 6.07) is 0.336. The van der Waals surface area contributed by atoms with Crippen LogP contribution < -0.4 is 0 Å². The molecule has 1 spiro atoms. The molecule has 2 saturated carbocycles. The van der Waals surface area contributed by atoms with Crippen molar-refractivity contribution >= 4 is 5.91 Å². The molecule has 140 valence electrons. The first kappa shape index (κ1) is 18.4. The molecule has 3 rings (SSSR count). The van der Waals surface area contributed by atoms with Gasteiger partial charge in [0.1, 0.15) is 0 Å². The molecule has 2 aliphatic rings. The van der Waals surface area contributed by atoms with E-state index in [0.29, 0.717) is 36.7 Å². The molecule has 0 bridgehead atoms.